The first-order valence-electron chi connectivity index (χ1n) is 36.2. The molecule has 528 valence electrons. The van der Waals surface area contributed by atoms with Gasteiger partial charge in [-0.1, -0.05) is 293 Å². The fourth-order valence-electron chi connectivity index (χ4n) is 10.5. The summed E-state index contributed by atoms with van der Waals surface area (Å²) in [5, 5.41) is 10.6. The Labute approximate surface area is 543 Å². The van der Waals surface area contributed by atoms with Gasteiger partial charge < -0.3 is 33.8 Å². The van der Waals surface area contributed by atoms with E-state index >= 15 is 0 Å². The molecule has 3 unspecified atom stereocenters. The second kappa shape index (κ2) is 59.8. The largest absolute Gasteiger partial charge is 0.472 e. The normalized spacial score (nSPS) is 14.3. The molecule has 5 atom stereocenters. The number of hydrogen-bond donors (Lipinski definition) is 3. The van der Waals surface area contributed by atoms with E-state index in [-0.39, 0.29) is 25.7 Å². The standard InChI is InChI=1S/C70H136O17P2/c1-60(2)46-38-30-22-16-14-12-10-9-11-13-15-17-26-34-42-50-67(72)80-56-65(86-69(74)52-44-36-28-20-24-32-40-48-62(5)6)58-84-88(76,77)82-54-64(71)55-83-89(78,79)85-59-66(87-70(75)53-45-37-29-21-25-33-41-49-63(7)8)57-81-68(73)51-43-35-27-19-18-23-31-39-47-61(3)4/h60-66,71H,9-59H2,1-8H3,(H,76,77)(H,78,79)/t64?,65-,66-/m1/s1. The van der Waals surface area contributed by atoms with Crippen molar-refractivity contribution in [3.8, 4) is 0 Å². The number of carbonyl (C=O) groups excluding carboxylic acids is 4. The molecule has 0 aromatic carbocycles. The van der Waals surface area contributed by atoms with E-state index in [0.29, 0.717) is 37.5 Å². The van der Waals surface area contributed by atoms with Crippen LogP contribution in [0, 0.1) is 23.7 Å². The number of rotatable bonds is 67. The van der Waals surface area contributed by atoms with Gasteiger partial charge in [0.2, 0.25) is 0 Å². The lowest BCUT2D eigenvalue weighted by Crippen LogP contribution is -2.30. The van der Waals surface area contributed by atoms with Crippen LogP contribution in [0.1, 0.15) is 344 Å². The highest BCUT2D eigenvalue weighted by Gasteiger charge is 2.30. The summed E-state index contributed by atoms with van der Waals surface area (Å²) in [7, 11) is -9.90. The lowest BCUT2D eigenvalue weighted by atomic mass is 10.0. The van der Waals surface area contributed by atoms with Crippen molar-refractivity contribution >= 4 is 39.5 Å². The number of carbonyl (C=O) groups is 4. The van der Waals surface area contributed by atoms with E-state index in [9.17, 15) is 43.2 Å². The minimum Gasteiger partial charge on any atom is -0.462 e. The van der Waals surface area contributed by atoms with Crippen LogP contribution < -0.4 is 0 Å². The van der Waals surface area contributed by atoms with Crippen molar-refractivity contribution in [1.29, 1.82) is 0 Å². The molecule has 0 saturated heterocycles. The quantitative estimate of drug-likeness (QED) is 0.0222. The molecule has 89 heavy (non-hydrogen) atoms. The molecular weight excluding hydrogens is 1170 g/mol. The number of hydrogen-bond acceptors (Lipinski definition) is 15. The van der Waals surface area contributed by atoms with Gasteiger partial charge in [-0.2, -0.15) is 0 Å². The molecule has 0 radical (unpaired) electrons. The Morgan fingerprint density at radius 2 is 0.472 bits per heavy atom. The van der Waals surface area contributed by atoms with E-state index in [4.69, 9.17) is 37.0 Å². The van der Waals surface area contributed by atoms with Crippen LogP contribution in [0.25, 0.3) is 0 Å². The van der Waals surface area contributed by atoms with Gasteiger partial charge in [0.15, 0.2) is 12.2 Å². The van der Waals surface area contributed by atoms with Crippen molar-refractivity contribution in [1.82, 2.24) is 0 Å². The number of phosphoric acid groups is 2. The second-order valence-electron chi connectivity index (χ2n) is 27.2. The highest BCUT2D eigenvalue weighted by molar-refractivity contribution is 7.47. The van der Waals surface area contributed by atoms with Crippen LogP contribution in [-0.2, 0) is 65.4 Å². The third-order valence-corrected chi connectivity index (χ3v) is 18.0. The molecule has 0 saturated carbocycles. The average Bonchev–Trinajstić information content (AvgIpc) is 3.67. The summed E-state index contributed by atoms with van der Waals surface area (Å²) in [6, 6.07) is 0. The summed E-state index contributed by atoms with van der Waals surface area (Å²) in [5.74, 6) is 0.790. The Hall–Kier alpha value is -1.94. The van der Waals surface area contributed by atoms with Gasteiger partial charge in [-0.25, -0.2) is 9.13 Å². The Balaban J connectivity index is 5.18. The molecule has 17 nitrogen and oxygen atoms in total. The second-order valence-corrected chi connectivity index (χ2v) is 30.1. The molecule has 19 heteroatoms. The van der Waals surface area contributed by atoms with E-state index in [2.05, 4.69) is 55.4 Å². The summed E-state index contributed by atoms with van der Waals surface area (Å²) in [6.07, 6.45) is 42.0. The Kier molecular flexibility index (Phi) is 58.5. The fourth-order valence-corrected chi connectivity index (χ4v) is 12.1. The average molecular weight is 1310 g/mol. The zero-order valence-electron chi connectivity index (χ0n) is 58.1. The molecule has 0 spiro atoms. The Morgan fingerprint density at radius 3 is 0.697 bits per heavy atom. The van der Waals surface area contributed by atoms with Crippen molar-refractivity contribution < 1.29 is 80.2 Å². The molecule has 0 aliphatic heterocycles. The number of aliphatic hydroxyl groups excluding tert-OH is 1. The van der Waals surface area contributed by atoms with E-state index < -0.39 is 97.5 Å². The summed E-state index contributed by atoms with van der Waals surface area (Å²) >= 11 is 0. The summed E-state index contributed by atoms with van der Waals surface area (Å²) in [4.78, 5) is 72.4. The molecule has 0 fully saturated rings. The van der Waals surface area contributed by atoms with Gasteiger partial charge in [-0.05, 0) is 49.4 Å². The molecule has 0 aromatic rings. The molecule has 0 amide bonds. The molecule has 0 rings (SSSR count). The minimum absolute atomic E-state index is 0.102. The monoisotopic (exact) mass is 1310 g/mol. The van der Waals surface area contributed by atoms with E-state index in [1.54, 1.807) is 0 Å². The van der Waals surface area contributed by atoms with Gasteiger partial charge in [0.25, 0.3) is 0 Å². The third kappa shape index (κ3) is 64.6. The van der Waals surface area contributed by atoms with Crippen molar-refractivity contribution in [3.05, 3.63) is 0 Å². The maximum Gasteiger partial charge on any atom is 0.472 e. The first kappa shape index (κ1) is 87.1. The van der Waals surface area contributed by atoms with Gasteiger partial charge in [0.05, 0.1) is 26.4 Å². The maximum atomic E-state index is 13.0. The number of unbranched alkanes of at least 4 members (excludes halogenated alkanes) is 33. The summed E-state index contributed by atoms with van der Waals surface area (Å²) in [5.41, 5.74) is 0. The van der Waals surface area contributed by atoms with Crippen LogP contribution >= 0.6 is 15.6 Å². The van der Waals surface area contributed by atoms with E-state index in [1.165, 1.54) is 148 Å². The predicted octanol–water partition coefficient (Wildman–Crippen LogP) is 19.7. The molecular formula is C70H136O17P2. The van der Waals surface area contributed by atoms with Gasteiger partial charge in [-0.15, -0.1) is 0 Å². The third-order valence-electron chi connectivity index (χ3n) is 16.1. The number of phosphoric ester groups is 2. The molecule has 0 bridgehead atoms. The SMILES string of the molecule is CC(C)CCCCCCCCCCCCCCCCCC(=O)OC[C@H](COP(=O)(O)OCC(O)COP(=O)(O)OC[C@@H](COC(=O)CCCCCCCCCCC(C)C)OC(=O)CCCCCCCCCC(C)C)OC(=O)CCCCCCCCCC(C)C. The lowest BCUT2D eigenvalue weighted by molar-refractivity contribution is -0.161. The van der Waals surface area contributed by atoms with Crippen molar-refractivity contribution in [2.75, 3.05) is 39.6 Å². The van der Waals surface area contributed by atoms with E-state index in [1.807, 2.05) is 0 Å². The Morgan fingerprint density at radius 1 is 0.281 bits per heavy atom. The highest BCUT2D eigenvalue weighted by atomic mass is 31.2. The fraction of sp³-hybridized carbons (Fsp3) is 0.943. The first-order chi connectivity index (χ1) is 42.6. The van der Waals surface area contributed by atoms with Crippen LogP contribution in [0.4, 0.5) is 0 Å². The van der Waals surface area contributed by atoms with E-state index in [0.717, 1.165) is 102 Å². The number of esters is 4. The van der Waals surface area contributed by atoms with Gasteiger partial charge in [-0.3, -0.25) is 37.3 Å². The molecule has 0 aliphatic rings. The first-order valence-corrected chi connectivity index (χ1v) is 39.2. The van der Waals surface area contributed by atoms with Gasteiger partial charge >= 0.3 is 39.5 Å². The summed E-state index contributed by atoms with van der Waals surface area (Å²) in [6.45, 7) is 14.0. The van der Waals surface area contributed by atoms with Crippen LogP contribution in [0.2, 0.25) is 0 Å². The number of ether oxygens (including phenoxy) is 4. The highest BCUT2D eigenvalue weighted by Crippen LogP contribution is 2.45. The van der Waals surface area contributed by atoms with Gasteiger partial charge in [0, 0.05) is 25.7 Å². The zero-order valence-corrected chi connectivity index (χ0v) is 59.8. The smallest absolute Gasteiger partial charge is 0.462 e. The summed E-state index contributed by atoms with van der Waals surface area (Å²) < 4.78 is 68.2. The molecule has 0 aliphatic carbocycles. The zero-order chi connectivity index (χ0) is 66.1. The van der Waals surface area contributed by atoms with Crippen molar-refractivity contribution in [3.63, 3.8) is 0 Å². The van der Waals surface area contributed by atoms with Crippen LogP contribution in [0.5, 0.6) is 0 Å². The van der Waals surface area contributed by atoms with Crippen LogP contribution in [0.15, 0.2) is 0 Å². The van der Waals surface area contributed by atoms with Crippen molar-refractivity contribution in [2.24, 2.45) is 23.7 Å². The van der Waals surface area contributed by atoms with Gasteiger partial charge in [0.1, 0.15) is 19.3 Å². The topological polar surface area (TPSA) is 237 Å². The molecule has 0 aromatic heterocycles. The number of aliphatic hydroxyl groups is 1. The molecule has 3 N–H and O–H groups in total. The predicted molar refractivity (Wildman–Crippen MR) is 358 cm³/mol. The minimum atomic E-state index is -4.95. The van der Waals surface area contributed by atoms with Crippen LogP contribution in [0.3, 0.4) is 0 Å². The van der Waals surface area contributed by atoms with Crippen molar-refractivity contribution in [2.45, 2.75) is 363 Å². The maximum absolute atomic E-state index is 13.0. The van der Waals surface area contributed by atoms with Crippen LogP contribution in [-0.4, -0.2) is 96.7 Å². The molecule has 0 heterocycles. The lowest BCUT2D eigenvalue weighted by Gasteiger charge is -2.21. The Bertz CT molecular complexity index is 1760.